The summed E-state index contributed by atoms with van der Waals surface area (Å²) in [7, 11) is 1.48. The highest BCUT2D eigenvalue weighted by molar-refractivity contribution is 6.31. The lowest BCUT2D eigenvalue weighted by atomic mass is 10.2. The summed E-state index contributed by atoms with van der Waals surface area (Å²) in [5.74, 6) is -1.56. The number of methoxy groups -OCH3 is 1. The van der Waals surface area contributed by atoms with Crippen LogP contribution in [0.4, 0.5) is 0 Å². The van der Waals surface area contributed by atoms with Gasteiger partial charge in [-0.25, -0.2) is 4.79 Å². The van der Waals surface area contributed by atoms with Crippen LogP contribution in [0, 0.1) is 0 Å². The van der Waals surface area contributed by atoms with E-state index in [9.17, 15) is 9.59 Å². The van der Waals surface area contributed by atoms with Gasteiger partial charge in [0.1, 0.15) is 11.7 Å². The highest BCUT2D eigenvalue weighted by atomic mass is 35.5. The first kappa shape index (κ1) is 16.5. The van der Waals surface area contributed by atoms with Gasteiger partial charge in [-0.05, 0) is 19.9 Å². The second-order valence-electron chi connectivity index (χ2n) is 4.69. The lowest BCUT2D eigenvalue weighted by Gasteiger charge is -2.16. The molecule has 1 aromatic heterocycles. The van der Waals surface area contributed by atoms with Crippen molar-refractivity contribution >= 4 is 23.5 Å². The summed E-state index contributed by atoms with van der Waals surface area (Å²) in [4.78, 5) is 23.3. The second kappa shape index (κ2) is 7.31. The van der Waals surface area contributed by atoms with Crippen molar-refractivity contribution in [3.63, 3.8) is 0 Å². The van der Waals surface area contributed by atoms with E-state index in [-0.39, 0.29) is 19.1 Å². The van der Waals surface area contributed by atoms with Gasteiger partial charge in [0, 0.05) is 32.4 Å². The molecule has 112 valence electrons. The Hall–Kier alpha value is -1.53. The van der Waals surface area contributed by atoms with Crippen molar-refractivity contribution in [3.05, 3.63) is 23.0 Å². The Morgan fingerprint density at radius 2 is 2.15 bits per heavy atom. The number of amides is 1. The van der Waals surface area contributed by atoms with Crippen molar-refractivity contribution < 1.29 is 19.4 Å². The van der Waals surface area contributed by atoms with Crippen molar-refractivity contribution in [1.82, 2.24) is 9.88 Å². The minimum Gasteiger partial charge on any atom is -0.480 e. The number of carboxylic acid groups (broad SMARTS) is 1. The molecule has 1 rings (SSSR count). The maximum atomic E-state index is 12.2. The number of rotatable bonds is 7. The number of carboxylic acids is 1. The SMILES string of the molecule is COCCC(NC(=O)c1cc(Cl)cn1C(C)C)C(=O)O. The summed E-state index contributed by atoms with van der Waals surface area (Å²) in [5, 5.41) is 12.0. The molecule has 0 fully saturated rings. The fraction of sp³-hybridized carbons (Fsp3) is 0.538. The Bertz CT molecular complexity index is 485. The first-order chi connectivity index (χ1) is 9.36. The zero-order valence-corrected chi connectivity index (χ0v) is 12.5. The number of halogens is 1. The van der Waals surface area contributed by atoms with Gasteiger partial charge >= 0.3 is 5.97 Å². The van der Waals surface area contributed by atoms with Gasteiger partial charge in [0.05, 0.1) is 5.02 Å². The molecular formula is C13H19ClN2O4. The summed E-state index contributed by atoms with van der Waals surface area (Å²) in [6.45, 7) is 4.07. The number of nitrogens with zero attached hydrogens (tertiary/aromatic N) is 1. The molecule has 0 spiro atoms. The smallest absolute Gasteiger partial charge is 0.326 e. The quantitative estimate of drug-likeness (QED) is 0.806. The molecule has 7 heteroatoms. The van der Waals surface area contributed by atoms with Crippen LogP contribution in [-0.4, -0.2) is 41.3 Å². The number of nitrogens with one attached hydrogen (secondary N) is 1. The molecule has 1 unspecified atom stereocenters. The van der Waals surface area contributed by atoms with E-state index in [1.165, 1.54) is 13.2 Å². The Labute approximate surface area is 122 Å². The number of aliphatic carboxylic acids is 1. The molecule has 0 aromatic carbocycles. The standard InChI is InChI=1S/C13H19ClN2O4/c1-8(2)16-7-9(14)6-11(16)12(17)15-10(13(18)19)4-5-20-3/h6-8,10H,4-5H2,1-3H3,(H,15,17)(H,18,19). The third-order valence-electron chi connectivity index (χ3n) is 2.82. The number of hydrogen-bond donors (Lipinski definition) is 2. The topological polar surface area (TPSA) is 80.6 Å². The molecule has 0 radical (unpaired) electrons. The molecule has 0 saturated carbocycles. The molecule has 0 saturated heterocycles. The van der Waals surface area contributed by atoms with Gasteiger partial charge in [0.15, 0.2) is 0 Å². The van der Waals surface area contributed by atoms with E-state index in [1.54, 1.807) is 10.8 Å². The van der Waals surface area contributed by atoms with E-state index in [0.717, 1.165) is 0 Å². The van der Waals surface area contributed by atoms with E-state index in [4.69, 9.17) is 21.4 Å². The van der Waals surface area contributed by atoms with Crippen molar-refractivity contribution in [2.75, 3.05) is 13.7 Å². The number of ether oxygens (including phenoxy) is 1. The fourth-order valence-corrected chi connectivity index (χ4v) is 1.99. The molecule has 20 heavy (non-hydrogen) atoms. The first-order valence-corrected chi connectivity index (χ1v) is 6.64. The van der Waals surface area contributed by atoms with Gasteiger partial charge in [-0.15, -0.1) is 0 Å². The molecule has 1 amide bonds. The second-order valence-corrected chi connectivity index (χ2v) is 5.13. The molecule has 2 N–H and O–H groups in total. The largest absolute Gasteiger partial charge is 0.480 e. The van der Waals surface area contributed by atoms with Crippen LogP contribution >= 0.6 is 11.6 Å². The van der Waals surface area contributed by atoms with Crippen molar-refractivity contribution in [2.45, 2.75) is 32.4 Å². The number of carbonyl (C=O) groups is 2. The average molecular weight is 303 g/mol. The van der Waals surface area contributed by atoms with Crippen LogP contribution in [0.15, 0.2) is 12.3 Å². The molecule has 0 bridgehead atoms. The monoisotopic (exact) mass is 302 g/mol. The van der Waals surface area contributed by atoms with Crippen molar-refractivity contribution in [3.8, 4) is 0 Å². The fourth-order valence-electron chi connectivity index (χ4n) is 1.78. The van der Waals surface area contributed by atoms with Gasteiger partial charge in [-0.2, -0.15) is 0 Å². The molecule has 0 aliphatic rings. The Kier molecular flexibility index (Phi) is 6.04. The lowest BCUT2D eigenvalue weighted by molar-refractivity contribution is -0.139. The number of carbonyl (C=O) groups excluding carboxylic acids is 1. The van der Waals surface area contributed by atoms with Gasteiger partial charge in [0.25, 0.3) is 5.91 Å². The first-order valence-electron chi connectivity index (χ1n) is 6.26. The van der Waals surface area contributed by atoms with Crippen LogP contribution in [-0.2, 0) is 9.53 Å². The van der Waals surface area contributed by atoms with E-state index in [2.05, 4.69) is 5.32 Å². The predicted octanol–water partition coefficient (Wildman–Crippen LogP) is 1.94. The number of aromatic nitrogens is 1. The van der Waals surface area contributed by atoms with Crippen LogP contribution in [0.25, 0.3) is 0 Å². The summed E-state index contributed by atoms with van der Waals surface area (Å²) in [6.07, 6.45) is 1.85. The number of hydrogen-bond acceptors (Lipinski definition) is 3. The highest BCUT2D eigenvalue weighted by Crippen LogP contribution is 2.19. The highest BCUT2D eigenvalue weighted by Gasteiger charge is 2.23. The maximum absolute atomic E-state index is 12.2. The van der Waals surface area contributed by atoms with Crippen molar-refractivity contribution in [1.29, 1.82) is 0 Å². The summed E-state index contributed by atoms with van der Waals surface area (Å²) < 4.78 is 6.54. The lowest BCUT2D eigenvalue weighted by Crippen LogP contribution is -2.42. The van der Waals surface area contributed by atoms with Gasteiger partial charge < -0.3 is 19.7 Å². The Morgan fingerprint density at radius 3 is 2.65 bits per heavy atom. The Morgan fingerprint density at radius 1 is 1.50 bits per heavy atom. The molecular weight excluding hydrogens is 284 g/mol. The molecule has 0 aliphatic heterocycles. The van der Waals surface area contributed by atoms with E-state index in [1.807, 2.05) is 13.8 Å². The molecule has 6 nitrogen and oxygen atoms in total. The zero-order valence-electron chi connectivity index (χ0n) is 11.7. The summed E-state index contributed by atoms with van der Waals surface area (Å²) in [6, 6.07) is 0.578. The van der Waals surface area contributed by atoms with Gasteiger partial charge in [-0.3, -0.25) is 4.79 Å². The third-order valence-corrected chi connectivity index (χ3v) is 3.02. The Balaban J connectivity index is 2.86. The molecule has 1 aromatic rings. The molecule has 1 heterocycles. The van der Waals surface area contributed by atoms with Crippen LogP contribution < -0.4 is 5.32 Å². The van der Waals surface area contributed by atoms with Crippen LogP contribution in [0.3, 0.4) is 0 Å². The van der Waals surface area contributed by atoms with E-state index < -0.39 is 17.9 Å². The predicted molar refractivity (Wildman–Crippen MR) is 75.2 cm³/mol. The normalized spacial score (nSPS) is 12.4. The van der Waals surface area contributed by atoms with Crippen molar-refractivity contribution in [2.24, 2.45) is 0 Å². The van der Waals surface area contributed by atoms with Crippen LogP contribution in [0.5, 0.6) is 0 Å². The average Bonchev–Trinajstić information content (AvgIpc) is 2.76. The third kappa shape index (κ3) is 4.25. The molecule has 0 aliphatic carbocycles. The van der Waals surface area contributed by atoms with Gasteiger partial charge in [0.2, 0.25) is 0 Å². The van der Waals surface area contributed by atoms with E-state index >= 15 is 0 Å². The maximum Gasteiger partial charge on any atom is 0.326 e. The minimum atomic E-state index is -1.09. The van der Waals surface area contributed by atoms with Crippen LogP contribution in [0.2, 0.25) is 5.02 Å². The zero-order chi connectivity index (χ0) is 15.3. The minimum absolute atomic E-state index is 0.0468. The summed E-state index contributed by atoms with van der Waals surface area (Å²) in [5.41, 5.74) is 0.341. The van der Waals surface area contributed by atoms with Gasteiger partial charge in [-0.1, -0.05) is 11.6 Å². The van der Waals surface area contributed by atoms with E-state index in [0.29, 0.717) is 10.7 Å². The summed E-state index contributed by atoms with van der Waals surface area (Å²) >= 11 is 5.90. The van der Waals surface area contributed by atoms with Crippen LogP contribution in [0.1, 0.15) is 36.8 Å². The molecule has 1 atom stereocenters.